The molecule has 1 amide bonds. The molecule has 1 aromatic rings. The van der Waals surface area contributed by atoms with Crippen LogP contribution in [0.1, 0.15) is 51.8 Å². The highest BCUT2D eigenvalue weighted by Gasteiger charge is 2.48. The Labute approximate surface area is 131 Å². The van der Waals surface area contributed by atoms with E-state index in [2.05, 4.69) is 24.1 Å². The summed E-state index contributed by atoms with van der Waals surface area (Å²) in [6, 6.07) is 7.99. The smallest absolute Gasteiger partial charge is 0.241 e. The molecule has 1 N–H and O–H groups in total. The zero-order valence-corrected chi connectivity index (χ0v) is 13.7. The van der Waals surface area contributed by atoms with Crippen molar-refractivity contribution in [2.75, 3.05) is 0 Å². The average Bonchev–Trinajstić information content (AvgIpc) is 2.90. The predicted octanol–water partition coefficient (Wildman–Crippen LogP) is 3.74. The Morgan fingerprint density at radius 1 is 1.38 bits per heavy atom. The van der Waals surface area contributed by atoms with Crippen molar-refractivity contribution in [1.29, 1.82) is 0 Å². The molecule has 2 fully saturated rings. The van der Waals surface area contributed by atoms with E-state index in [0.29, 0.717) is 11.1 Å². The SMILES string of the molecule is CC1NC(c2cccc(Cl)c2)N(C2CCCC2(C)C)C1=O. The zero-order chi connectivity index (χ0) is 15.2. The van der Waals surface area contributed by atoms with Gasteiger partial charge in [-0.2, -0.15) is 0 Å². The fourth-order valence-corrected chi connectivity index (χ4v) is 4.03. The molecule has 3 unspecified atom stereocenters. The first kappa shape index (κ1) is 14.9. The van der Waals surface area contributed by atoms with Crippen LogP contribution in [0.5, 0.6) is 0 Å². The van der Waals surface area contributed by atoms with Crippen LogP contribution in [0.3, 0.4) is 0 Å². The first-order valence-electron chi connectivity index (χ1n) is 7.74. The Balaban J connectivity index is 1.97. The second-order valence-electron chi connectivity index (χ2n) is 6.99. The lowest BCUT2D eigenvalue weighted by Gasteiger charge is -2.38. The molecule has 4 heteroatoms. The number of carbonyl (C=O) groups is 1. The van der Waals surface area contributed by atoms with Crippen LogP contribution < -0.4 is 5.32 Å². The molecule has 114 valence electrons. The maximum Gasteiger partial charge on any atom is 0.241 e. The summed E-state index contributed by atoms with van der Waals surface area (Å²) in [7, 11) is 0. The van der Waals surface area contributed by atoms with Crippen LogP contribution >= 0.6 is 11.6 Å². The van der Waals surface area contributed by atoms with Gasteiger partial charge in [0.2, 0.25) is 5.91 Å². The lowest BCUT2D eigenvalue weighted by atomic mass is 9.86. The van der Waals surface area contributed by atoms with Crippen LogP contribution in [0.4, 0.5) is 0 Å². The highest BCUT2D eigenvalue weighted by Crippen LogP contribution is 2.44. The van der Waals surface area contributed by atoms with E-state index in [0.717, 1.165) is 12.0 Å². The largest absolute Gasteiger partial charge is 0.318 e. The van der Waals surface area contributed by atoms with Gasteiger partial charge in [-0.25, -0.2) is 0 Å². The van der Waals surface area contributed by atoms with Crippen molar-refractivity contribution < 1.29 is 4.79 Å². The molecule has 1 aliphatic carbocycles. The van der Waals surface area contributed by atoms with E-state index >= 15 is 0 Å². The third-order valence-corrected chi connectivity index (χ3v) is 5.25. The Hall–Kier alpha value is -1.06. The standard InChI is InChI=1S/C17H23ClN2O/c1-11-16(21)20(14-8-5-9-17(14,2)3)15(19-11)12-6-4-7-13(18)10-12/h4,6-7,10-11,14-15,19H,5,8-9H2,1-3H3. The van der Waals surface area contributed by atoms with E-state index in [1.807, 2.05) is 31.2 Å². The van der Waals surface area contributed by atoms with Gasteiger partial charge in [0.25, 0.3) is 0 Å². The van der Waals surface area contributed by atoms with E-state index in [9.17, 15) is 4.79 Å². The van der Waals surface area contributed by atoms with Crippen molar-refractivity contribution in [3.63, 3.8) is 0 Å². The molecule has 0 aromatic heterocycles. The van der Waals surface area contributed by atoms with Gasteiger partial charge >= 0.3 is 0 Å². The Kier molecular flexibility index (Phi) is 3.74. The predicted molar refractivity (Wildman–Crippen MR) is 85.1 cm³/mol. The van der Waals surface area contributed by atoms with Crippen LogP contribution in [0.25, 0.3) is 0 Å². The molecule has 1 aromatic carbocycles. The molecule has 0 spiro atoms. The van der Waals surface area contributed by atoms with Gasteiger partial charge in [0.15, 0.2) is 0 Å². The van der Waals surface area contributed by atoms with Crippen molar-refractivity contribution in [2.24, 2.45) is 5.41 Å². The Bertz CT molecular complexity index is 557. The molecule has 0 bridgehead atoms. The number of benzene rings is 1. The molecule has 0 radical (unpaired) electrons. The van der Waals surface area contributed by atoms with Crippen LogP contribution in [0, 0.1) is 5.41 Å². The van der Waals surface area contributed by atoms with Crippen LogP contribution in [0.2, 0.25) is 5.02 Å². The minimum atomic E-state index is -0.134. The quantitative estimate of drug-likeness (QED) is 0.903. The van der Waals surface area contributed by atoms with E-state index in [1.165, 1.54) is 12.8 Å². The number of hydrogen-bond donors (Lipinski definition) is 1. The summed E-state index contributed by atoms with van der Waals surface area (Å²) in [5, 5.41) is 4.14. The first-order valence-corrected chi connectivity index (χ1v) is 8.11. The number of rotatable bonds is 2. The molecule has 21 heavy (non-hydrogen) atoms. The summed E-state index contributed by atoms with van der Waals surface area (Å²) in [6.07, 6.45) is 3.40. The molecule has 2 aliphatic rings. The van der Waals surface area contributed by atoms with Crippen molar-refractivity contribution in [3.05, 3.63) is 34.9 Å². The molecule has 3 rings (SSSR count). The van der Waals surface area contributed by atoms with Crippen molar-refractivity contribution in [1.82, 2.24) is 10.2 Å². The minimum absolute atomic E-state index is 0.0615. The van der Waals surface area contributed by atoms with Crippen LogP contribution in [0.15, 0.2) is 24.3 Å². The van der Waals surface area contributed by atoms with Gasteiger partial charge in [-0.1, -0.05) is 44.0 Å². The summed E-state index contributed by atoms with van der Waals surface area (Å²) in [4.78, 5) is 14.8. The molecule has 3 nitrogen and oxygen atoms in total. The van der Waals surface area contributed by atoms with Gasteiger partial charge in [0.05, 0.1) is 6.04 Å². The fourth-order valence-electron chi connectivity index (χ4n) is 3.83. The fraction of sp³-hybridized carbons (Fsp3) is 0.588. The van der Waals surface area contributed by atoms with Crippen molar-refractivity contribution in [3.8, 4) is 0 Å². The van der Waals surface area contributed by atoms with Gasteiger partial charge in [-0.15, -0.1) is 0 Å². The number of halogens is 1. The van der Waals surface area contributed by atoms with E-state index in [4.69, 9.17) is 11.6 Å². The molecule has 1 aliphatic heterocycles. The number of amides is 1. The molecular formula is C17H23ClN2O. The number of carbonyl (C=O) groups excluding carboxylic acids is 1. The minimum Gasteiger partial charge on any atom is -0.318 e. The van der Waals surface area contributed by atoms with E-state index in [-0.39, 0.29) is 23.5 Å². The number of nitrogens with zero attached hydrogens (tertiary/aromatic N) is 1. The third kappa shape index (κ3) is 2.58. The third-order valence-electron chi connectivity index (χ3n) is 5.01. The highest BCUT2D eigenvalue weighted by molar-refractivity contribution is 6.30. The first-order chi connectivity index (χ1) is 9.90. The monoisotopic (exact) mass is 306 g/mol. The normalized spacial score (nSPS) is 31.9. The van der Waals surface area contributed by atoms with Gasteiger partial charge in [0.1, 0.15) is 6.17 Å². The zero-order valence-electron chi connectivity index (χ0n) is 12.9. The van der Waals surface area contributed by atoms with Crippen LogP contribution in [-0.4, -0.2) is 22.9 Å². The van der Waals surface area contributed by atoms with E-state index in [1.54, 1.807) is 0 Å². The van der Waals surface area contributed by atoms with Crippen LogP contribution in [-0.2, 0) is 4.79 Å². The topological polar surface area (TPSA) is 32.3 Å². The maximum atomic E-state index is 12.7. The summed E-state index contributed by atoms with van der Waals surface area (Å²) >= 11 is 6.13. The highest BCUT2D eigenvalue weighted by atomic mass is 35.5. The van der Waals surface area contributed by atoms with Gasteiger partial charge in [-0.3, -0.25) is 10.1 Å². The lowest BCUT2D eigenvalue weighted by molar-refractivity contribution is -0.134. The second-order valence-corrected chi connectivity index (χ2v) is 7.42. The molecular weight excluding hydrogens is 284 g/mol. The van der Waals surface area contributed by atoms with Crippen molar-refractivity contribution in [2.45, 2.75) is 58.3 Å². The van der Waals surface area contributed by atoms with Gasteiger partial charge < -0.3 is 4.90 Å². The maximum absolute atomic E-state index is 12.7. The summed E-state index contributed by atoms with van der Waals surface area (Å²) in [5.74, 6) is 0.208. The molecule has 1 saturated carbocycles. The van der Waals surface area contributed by atoms with Gasteiger partial charge in [0, 0.05) is 11.1 Å². The number of hydrogen-bond acceptors (Lipinski definition) is 2. The molecule has 1 saturated heterocycles. The van der Waals surface area contributed by atoms with Gasteiger partial charge in [-0.05, 0) is 42.9 Å². The second kappa shape index (κ2) is 5.29. The lowest BCUT2D eigenvalue weighted by Crippen LogP contribution is -2.45. The van der Waals surface area contributed by atoms with E-state index < -0.39 is 0 Å². The summed E-state index contributed by atoms with van der Waals surface area (Å²) in [5.41, 5.74) is 1.25. The summed E-state index contributed by atoms with van der Waals surface area (Å²) in [6.45, 7) is 6.49. The Morgan fingerprint density at radius 3 is 2.76 bits per heavy atom. The van der Waals surface area contributed by atoms with Crippen molar-refractivity contribution >= 4 is 17.5 Å². The molecule has 1 heterocycles. The number of nitrogens with one attached hydrogen (secondary N) is 1. The molecule has 3 atom stereocenters. The summed E-state index contributed by atoms with van der Waals surface area (Å²) < 4.78 is 0. The Morgan fingerprint density at radius 2 is 2.14 bits per heavy atom. The average molecular weight is 307 g/mol.